The number of rotatable bonds is 5. The largest absolute Gasteiger partial charge is 0.452 e. The lowest BCUT2D eigenvalue weighted by molar-refractivity contribution is -0.146. The number of carbonyl (C=O) groups excluding carboxylic acids is 1. The van der Waals surface area contributed by atoms with E-state index in [0.717, 1.165) is 11.1 Å². The second-order valence-corrected chi connectivity index (χ2v) is 5.73. The van der Waals surface area contributed by atoms with Crippen LogP contribution in [0.5, 0.6) is 0 Å². The molecule has 2 aromatic rings. The van der Waals surface area contributed by atoms with Crippen molar-refractivity contribution in [2.75, 3.05) is 13.2 Å². The van der Waals surface area contributed by atoms with E-state index >= 15 is 0 Å². The van der Waals surface area contributed by atoms with Crippen LogP contribution in [0.25, 0.3) is 0 Å². The third kappa shape index (κ3) is 3.34. The minimum Gasteiger partial charge on any atom is -0.452 e. The first-order valence-corrected chi connectivity index (χ1v) is 8.15. The van der Waals surface area contributed by atoms with Gasteiger partial charge in [-0.25, -0.2) is 0 Å². The fourth-order valence-corrected chi connectivity index (χ4v) is 2.90. The quantitative estimate of drug-likeness (QED) is 0.626. The minimum atomic E-state index is -0.675. The zero-order valence-electron chi connectivity index (χ0n) is 13.7. The molecule has 0 bridgehead atoms. The summed E-state index contributed by atoms with van der Waals surface area (Å²) in [5, 5.41) is 0. The number of carbonyl (C=O) groups is 1. The standard InChI is InChI=1S/C21H20O3/c1-2-23-19-16-21(19,18-13-7-4-8-14-18)20(22)24-15-9-12-17-10-5-3-6-11-17/h3-8,10-11,13-14,19H,2,15-16H2,1H3. The van der Waals surface area contributed by atoms with Gasteiger partial charge in [-0.05, 0) is 31.0 Å². The van der Waals surface area contributed by atoms with Crippen molar-refractivity contribution in [3.8, 4) is 11.8 Å². The molecule has 0 radical (unpaired) electrons. The zero-order valence-corrected chi connectivity index (χ0v) is 13.7. The summed E-state index contributed by atoms with van der Waals surface area (Å²) in [5.74, 6) is 5.63. The van der Waals surface area contributed by atoms with Gasteiger partial charge in [-0.1, -0.05) is 60.4 Å². The third-order valence-corrected chi connectivity index (χ3v) is 4.20. The van der Waals surface area contributed by atoms with Crippen LogP contribution in [0.4, 0.5) is 0 Å². The second kappa shape index (κ2) is 7.33. The first kappa shape index (κ1) is 16.3. The SMILES string of the molecule is CCOC1CC1(C(=O)OCC#Cc1ccccc1)c1ccccc1. The van der Waals surface area contributed by atoms with Crippen LogP contribution in [-0.2, 0) is 19.7 Å². The van der Waals surface area contributed by atoms with Crippen LogP contribution in [0.1, 0.15) is 24.5 Å². The highest BCUT2D eigenvalue weighted by molar-refractivity contribution is 5.88. The van der Waals surface area contributed by atoms with Crippen LogP contribution in [-0.4, -0.2) is 25.3 Å². The summed E-state index contributed by atoms with van der Waals surface area (Å²) in [6.45, 7) is 2.60. The summed E-state index contributed by atoms with van der Waals surface area (Å²) in [6.07, 6.45) is 0.551. The molecule has 3 nitrogen and oxygen atoms in total. The van der Waals surface area contributed by atoms with E-state index in [-0.39, 0.29) is 18.7 Å². The van der Waals surface area contributed by atoms with E-state index in [2.05, 4.69) is 11.8 Å². The lowest BCUT2D eigenvalue weighted by Gasteiger charge is -2.16. The fourth-order valence-electron chi connectivity index (χ4n) is 2.90. The molecule has 0 N–H and O–H groups in total. The molecule has 2 aromatic carbocycles. The topological polar surface area (TPSA) is 35.5 Å². The molecule has 122 valence electrons. The summed E-state index contributed by atoms with van der Waals surface area (Å²) in [7, 11) is 0. The Kier molecular flexibility index (Phi) is 4.98. The van der Waals surface area contributed by atoms with Gasteiger partial charge in [0.05, 0.1) is 6.10 Å². The van der Waals surface area contributed by atoms with Crippen molar-refractivity contribution < 1.29 is 14.3 Å². The Labute approximate surface area is 142 Å². The summed E-state index contributed by atoms with van der Waals surface area (Å²) < 4.78 is 11.1. The Morgan fingerprint density at radius 2 is 1.79 bits per heavy atom. The van der Waals surface area contributed by atoms with Crippen molar-refractivity contribution in [3.63, 3.8) is 0 Å². The average Bonchev–Trinajstić information content (AvgIpc) is 3.36. The van der Waals surface area contributed by atoms with Gasteiger partial charge in [0.2, 0.25) is 0 Å². The fraction of sp³-hybridized carbons (Fsp3) is 0.286. The maximum Gasteiger partial charge on any atom is 0.320 e. The second-order valence-electron chi connectivity index (χ2n) is 5.73. The van der Waals surface area contributed by atoms with E-state index in [0.29, 0.717) is 13.0 Å². The highest BCUT2D eigenvalue weighted by Crippen LogP contribution is 2.51. The first-order valence-electron chi connectivity index (χ1n) is 8.15. The van der Waals surface area contributed by atoms with E-state index in [1.165, 1.54) is 0 Å². The minimum absolute atomic E-state index is 0.0845. The number of benzene rings is 2. The van der Waals surface area contributed by atoms with Crippen molar-refractivity contribution in [1.29, 1.82) is 0 Å². The molecule has 0 amide bonds. The Balaban J connectivity index is 1.67. The first-order chi connectivity index (χ1) is 11.8. The molecule has 3 heteroatoms. The lowest BCUT2D eigenvalue weighted by Crippen LogP contribution is -2.28. The van der Waals surface area contributed by atoms with E-state index < -0.39 is 5.41 Å². The molecule has 1 aliphatic rings. The van der Waals surface area contributed by atoms with E-state index in [9.17, 15) is 4.79 Å². The van der Waals surface area contributed by atoms with Crippen molar-refractivity contribution in [2.45, 2.75) is 24.9 Å². The maximum absolute atomic E-state index is 12.7. The van der Waals surface area contributed by atoms with Gasteiger partial charge in [0.1, 0.15) is 5.41 Å². The molecule has 0 saturated heterocycles. The molecule has 2 unspecified atom stereocenters. The van der Waals surface area contributed by atoms with Gasteiger partial charge in [0, 0.05) is 12.2 Å². The predicted octanol–water partition coefficient (Wildman–Crippen LogP) is 3.33. The molecule has 0 aromatic heterocycles. The van der Waals surface area contributed by atoms with Crippen LogP contribution in [0.15, 0.2) is 60.7 Å². The Morgan fingerprint density at radius 1 is 1.12 bits per heavy atom. The molecular weight excluding hydrogens is 300 g/mol. The van der Waals surface area contributed by atoms with E-state index in [4.69, 9.17) is 9.47 Å². The van der Waals surface area contributed by atoms with Crippen molar-refractivity contribution in [3.05, 3.63) is 71.8 Å². The zero-order chi connectivity index (χ0) is 16.8. The van der Waals surface area contributed by atoms with Crippen LogP contribution < -0.4 is 0 Å². The number of hydrogen-bond donors (Lipinski definition) is 0. The molecule has 1 aliphatic carbocycles. The lowest BCUT2D eigenvalue weighted by atomic mass is 9.95. The maximum atomic E-state index is 12.7. The number of esters is 1. The number of hydrogen-bond acceptors (Lipinski definition) is 3. The molecule has 0 heterocycles. The van der Waals surface area contributed by atoms with Gasteiger partial charge in [-0.2, -0.15) is 0 Å². The van der Waals surface area contributed by atoms with Gasteiger partial charge >= 0.3 is 5.97 Å². The van der Waals surface area contributed by atoms with Gasteiger partial charge in [0.15, 0.2) is 6.61 Å². The molecule has 1 saturated carbocycles. The normalized spacial score (nSPS) is 21.5. The van der Waals surface area contributed by atoms with Crippen LogP contribution in [0.3, 0.4) is 0 Å². The Hall–Kier alpha value is -2.57. The van der Waals surface area contributed by atoms with Crippen molar-refractivity contribution >= 4 is 5.97 Å². The predicted molar refractivity (Wildman–Crippen MR) is 92.4 cm³/mol. The van der Waals surface area contributed by atoms with Crippen molar-refractivity contribution in [1.82, 2.24) is 0 Å². The molecule has 2 atom stereocenters. The van der Waals surface area contributed by atoms with E-state index in [1.807, 2.05) is 67.6 Å². The molecule has 24 heavy (non-hydrogen) atoms. The summed E-state index contributed by atoms with van der Waals surface area (Å²) in [6, 6.07) is 19.3. The molecule has 1 fully saturated rings. The van der Waals surface area contributed by atoms with Gasteiger partial charge in [0.25, 0.3) is 0 Å². The average molecular weight is 320 g/mol. The Morgan fingerprint density at radius 3 is 2.46 bits per heavy atom. The summed E-state index contributed by atoms with van der Waals surface area (Å²) in [4.78, 5) is 12.7. The monoisotopic (exact) mass is 320 g/mol. The van der Waals surface area contributed by atoms with Crippen LogP contribution in [0.2, 0.25) is 0 Å². The molecule has 0 aliphatic heterocycles. The molecular formula is C21H20O3. The summed E-state index contributed by atoms with van der Waals surface area (Å²) >= 11 is 0. The van der Waals surface area contributed by atoms with Crippen molar-refractivity contribution in [2.24, 2.45) is 0 Å². The summed E-state index contributed by atoms with van der Waals surface area (Å²) in [5.41, 5.74) is 1.18. The molecule has 3 rings (SSSR count). The van der Waals surface area contributed by atoms with Gasteiger partial charge < -0.3 is 9.47 Å². The van der Waals surface area contributed by atoms with Gasteiger partial charge in [-0.15, -0.1) is 0 Å². The van der Waals surface area contributed by atoms with Crippen LogP contribution >= 0.6 is 0 Å². The van der Waals surface area contributed by atoms with Gasteiger partial charge in [-0.3, -0.25) is 4.79 Å². The number of ether oxygens (including phenoxy) is 2. The smallest absolute Gasteiger partial charge is 0.320 e. The highest BCUT2D eigenvalue weighted by Gasteiger charge is 2.63. The third-order valence-electron chi connectivity index (χ3n) is 4.20. The molecule has 0 spiro atoms. The van der Waals surface area contributed by atoms with Crippen LogP contribution in [0, 0.1) is 11.8 Å². The Bertz CT molecular complexity index is 743. The highest BCUT2D eigenvalue weighted by atomic mass is 16.5. The van der Waals surface area contributed by atoms with E-state index in [1.54, 1.807) is 0 Å².